The second-order valence-corrected chi connectivity index (χ2v) is 5.64. The highest BCUT2D eigenvalue weighted by molar-refractivity contribution is 9.10. The minimum atomic E-state index is -0.738. The van der Waals surface area contributed by atoms with Gasteiger partial charge in [0.05, 0.1) is 6.04 Å². The second-order valence-electron chi connectivity index (χ2n) is 4.73. The first-order valence-corrected chi connectivity index (χ1v) is 7.45. The summed E-state index contributed by atoms with van der Waals surface area (Å²) in [5.74, 6) is -1.76. The van der Waals surface area contributed by atoms with Gasteiger partial charge in [-0.25, -0.2) is 13.2 Å². The molecule has 1 atom stereocenters. The highest BCUT2D eigenvalue weighted by Gasteiger charge is 2.22. The van der Waals surface area contributed by atoms with Gasteiger partial charge in [-0.3, -0.25) is 0 Å². The molecule has 0 radical (unpaired) electrons. The lowest BCUT2D eigenvalue weighted by Crippen LogP contribution is -2.25. The van der Waals surface area contributed by atoms with Gasteiger partial charge >= 0.3 is 0 Å². The van der Waals surface area contributed by atoms with Gasteiger partial charge in [0.15, 0.2) is 0 Å². The number of benzene rings is 2. The number of hydrogen-bond donors (Lipinski definition) is 1. The molecule has 21 heavy (non-hydrogen) atoms. The van der Waals surface area contributed by atoms with Crippen LogP contribution in [0.15, 0.2) is 40.9 Å². The fourth-order valence-electron chi connectivity index (χ4n) is 2.20. The lowest BCUT2D eigenvalue weighted by Gasteiger charge is -2.21. The van der Waals surface area contributed by atoms with Crippen LogP contribution < -0.4 is 5.32 Å². The van der Waals surface area contributed by atoms with E-state index in [0.717, 1.165) is 6.42 Å². The molecule has 0 amide bonds. The van der Waals surface area contributed by atoms with Crippen molar-refractivity contribution in [2.45, 2.75) is 19.4 Å². The number of rotatable bonds is 5. The molecule has 0 aromatic heterocycles. The zero-order valence-electron chi connectivity index (χ0n) is 11.5. The van der Waals surface area contributed by atoms with E-state index in [0.29, 0.717) is 16.6 Å². The maximum absolute atomic E-state index is 14.0. The zero-order chi connectivity index (χ0) is 15.4. The normalized spacial score (nSPS) is 12.4. The van der Waals surface area contributed by atoms with Crippen molar-refractivity contribution in [2.24, 2.45) is 0 Å². The Hall–Kier alpha value is -1.33. The summed E-state index contributed by atoms with van der Waals surface area (Å²) in [6.45, 7) is 2.51. The average molecular weight is 358 g/mol. The molecule has 0 aliphatic heterocycles. The Kier molecular flexibility index (Phi) is 5.42. The van der Waals surface area contributed by atoms with Gasteiger partial charge in [0.1, 0.15) is 17.5 Å². The van der Waals surface area contributed by atoms with Crippen LogP contribution in [0.3, 0.4) is 0 Å². The molecule has 112 valence electrons. The number of halogens is 4. The molecule has 1 N–H and O–H groups in total. The van der Waals surface area contributed by atoms with E-state index in [1.54, 1.807) is 6.07 Å². The quantitative estimate of drug-likeness (QED) is 0.797. The third-order valence-electron chi connectivity index (χ3n) is 3.11. The summed E-state index contributed by atoms with van der Waals surface area (Å²) in [4.78, 5) is 0. The van der Waals surface area contributed by atoms with Crippen molar-refractivity contribution >= 4 is 15.9 Å². The van der Waals surface area contributed by atoms with Gasteiger partial charge < -0.3 is 5.32 Å². The fraction of sp³-hybridized carbons (Fsp3) is 0.250. The van der Waals surface area contributed by atoms with Crippen molar-refractivity contribution in [3.8, 4) is 0 Å². The van der Waals surface area contributed by atoms with E-state index in [2.05, 4.69) is 21.2 Å². The van der Waals surface area contributed by atoms with Crippen LogP contribution in [0, 0.1) is 17.5 Å². The molecule has 0 spiro atoms. The SMILES string of the molecule is CCCNC(c1cc(F)cc(Br)c1)c1c(F)cccc1F. The maximum atomic E-state index is 14.0. The zero-order valence-corrected chi connectivity index (χ0v) is 13.1. The highest BCUT2D eigenvalue weighted by atomic mass is 79.9. The standard InChI is InChI=1S/C16H15BrF3N/c1-2-6-21-16(10-7-11(17)9-12(18)8-10)15-13(19)4-3-5-14(15)20/h3-5,7-9,16,21H,2,6H2,1H3. The van der Waals surface area contributed by atoms with Crippen molar-refractivity contribution in [1.82, 2.24) is 5.32 Å². The molecule has 0 aliphatic carbocycles. The Morgan fingerprint density at radius 1 is 1.10 bits per heavy atom. The first-order valence-electron chi connectivity index (χ1n) is 6.66. The molecule has 0 heterocycles. The lowest BCUT2D eigenvalue weighted by molar-refractivity contribution is 0.501. The van der Waals surface area contributed by atoms with Crippen molar-refractivity contribution in [3.63, 3.8) is 0 Å². The molecule has 2 rings (SSSR count). The average Bonchev–Trinajstić information content (AvgIpc) is 2.41. The molecule has 1 unspecified atom stereocenters. The summed E-state index contributed by atoms with van der Waals surface area (Å²) in [5, 5.41) is 3.07. The molecular formula is C16H15BrF3N. The van der Waals surface area contributed by atoms with Crippen LogP contribution in [0.5, 0.6) is 0 Å². The van der Waals surface area contributed by atoms with Gasteiger partial charge in [0, 0.05) is 10.0 Å². The monoisotopic (exact) mass is 357 g/mol. The Labute approximate surface area is 130 Å². The van der Waals surface area contributed by atoms with E-state index in [1.807, 2.05) is 6.92 Å². The predicted molar refractivity (Wildman–Crippen MR) is 80.6 cm³/mol. The van der Waals surface area contributed by atoms with E-state index in [9.17, 15) is 13.2 Å². The molecule has 5 heteroatoms. The van der Waals surface area contributed by atoms with Crippen LogP contribution in [-0.2, 0) is 0 Å². The van der Waals surface area contributed by atoms with Crippen LogP contribution in [0.2, 0.25) is 0 Å². The number of hydrogen-bond acceptors (Lipinski definition) is 1. The van der Waals surface area contributed by atoms with Crippen LogP contribution in [0.25, 0.3) is 0 Å². The maximum Gasteiger partial charge on any atom is 0.131 e. The van der Waals surface area contributed by atoms with E-state index < -0.39 is 23.5 Å². The van der Waals surface area contributed by atoms with Crippen LogP contribution >= 0.6 is 15.9 Å². The van der Waals surface area contributed by atoms with Gasteiger partial charge in [-0.05, 0) is 48.9 Å². The second kappa shape index (κ2) is 7.09. The molecule has 0 saturated heterocycles. The topological polar surface area (TPSA) is 12.0 Å². The molecular weight excluding hydrogens is 343 g/mol. The van der Waals surface area contributed by atoms with Gasteiger partial charge in [0.25, 0.3) is 0 Å². The summed E-state index contributed by atoms with van der Waals surface area (Å²) < 4.78 is 42.2. The highest BCUT2D eigenvalue weighted by Crippen LogP contribution is 2.29. The number of nitrogens with one attached hydrogen (secondary N) is 1. The summed E-state index contributed by atoms with van der Waals surface area (Å²) in [5.41, 5.74) is 0.378. The summed E-state index contributed by atoms with van der Waals surface area (Å²) in [7, 11) is 0. The van der Waals surface area contributed by atoms with Crippen molar-refractivity contribution < 1.29 is 13.2 Å². The lowest BCUT2D eigenvalue weighted by atomic mass is 9.97. The third-order valence-corrected chi connectivity index (χ3v) is 3.56. The summed E-state index contributed by atoms with van der Waals surface area (Å²) in [6, 6.07) is 7.22. The van der Waals surface area contributed by atoms with Crippen LogP contribution in [0.1, 0.15) is 30.5 Å². The Morgan fingerprint density at radius 2 is 1.76 bits per heavy atom. The first-order chi connectivity index (χ1) is 10.0. The molecule has 0 bridgehead atoms. The van der Waals surface area contributed by atoms with Crippen molar-refractivity contribution in [2.75, 3.05) is 6.54 Å². The minimum absolute atomic E-state index is 0.0940. The van der Waals surface area contributed by atoms with Crippen LogP contribution in [0.4, 0.5) is 13.2 Å². The van der Waals surface area contributed by atoms with Gasteiger partial charge in [0.2, 0.25) is 0 Å². The third kappa shape index (κ3) is 3.86. The van der Waals surface area contributed by atoms with E-state index in [4.69, 9.17) is 0 Å². The van der Waals surface area contributed by atoms with Crippen molar-refractivity contribution in [1.29, 1.82) is 0 Å². The molecule has 0 fully saturated rings. The van der Waals surface area contributed by atoms with E-state index in [-0.39, 0.29) is 5.56 Å². The largest absolute Gasteiger partial charge is 0.306 e. The Morgan fingerprint density at radius 3 is 2.33 bits per heavy atom. The molecule has 0 aliphatic rings. The predicted octanol–water partition coefficient (Wildman–Crippen LogP) is 4.96. The Bertz CT molecular complexity index is 590. The van der Waals surface area contributed by atoms with E-state index >= 15 is 0 Å². The minimum Gasteiger partial charge on any atom is -0.306 e. The molecule has 0 saturated carbocycles. The van der Waals surface area contributed by atoms with Gasteiger partial charge in [-0.1, -0.05) is 28.9 Å². The van der Waals surface area contributed by atoms with Gasteiger partial charge in [-0.15, -0.1) is 0 Å². The fourth-order valence-corrected chi connectivity index (χ4v) is 2.69. The Balaban J connectivity index is 2.52. The molecule has 2 aromatic rings. The van der Waals surface area contributed by atoms with Crippen molar-refractivity contribution in [3.05, 3.63) is 69.4 Å². The first kappa shape index (κ1) is 16.0. The van der Waals surface area contributed by atoms with Crippen LogP contribution in [-0.4, -0.2) is 6.54 Å². The van der Waals surface area contributed by atoms with E-state index in [1.165, 1.54) is 30.3 Å². The summed E-state index contributed by atoms with van der Waals surface area (Å²) >= 11 is 3.20. The molecule has 1 nitrogen and oxygen atoms in total. The summed E-state index contributed by atoms with van der Waals surface area (Å²) in [6.07, 6.45) is 0.795. The smallest absolute Gasteiger partial charge is 0.131 e. The molecule has 2 aromatic carbocycles. The van der Waals surface area contributed by atoms with Gasteiger partial charge in [-0.2, -0.15) is 0 Å².